The van der Waals surface area contributed by atoms with Crippen LogP contribution in [0.15, 0.2) is 16.5 Å². The van der Waals surface area contributed by atoms with Crippen LogP contribution in [-0.4, -0.2) is 23.4 Å². The molecule has 1 amide bonds. The molecule has 104 valence electrons. The van der Waals surface area contributed by atoms with Gasteiger partial charge < -0.3 is 15.1 Å². The van der Waals surface area contributed by atoms with E-state index in [4.69, 9.17) is 10.2 Å². The van der Waals surface area contributed by atoms with Crippen molar-refractivity contribution in [3.8, 4) is 0 Å². The topological polar surface area (TPSA) is 59.5 Å². The number of amides is 1. The molecular formula is C15H22N2O2. The Balaban J connectivity index is 1.85. The number of furan rings is 1. The van der Waals surface area contributed by atoms with E-state index in [1.165, 1.54) is 6.42 Å². The minimum atomic E-state index is -0.0888. The van der Waals surface area contributed by atoms with E-state index < -0.39 is 0 Å². The molecule has 2 aliphatic rings. The second kappa shape index (κ2) is 4.67. The minimum Gasteiger partial charge on any atom is -0.464 e. The monoisotopic (exact) mass is 262 g/mol. The molecule has 0 spiro atoms. The fourth-order valence-corrected chi connectivity index (χ4v) is 3.16. The zero-order valence-corrected chi connectivity index (χ0v) is 11.6. The Labute approximate surface area is 113 Å². The maximum Gasteiger partial charge on any atom is 0.223 e. The summed E-state index contributed by atoms with van der Waals surface area (Å²) in [6, 6.07) is 3.96. The third-order valence-electron chi connectivity index (χ3n) is 4.51. The molecule has 4 nitrogen and oxygen atoms in total. The second-order valence-electron chi connectivity index (χ2n) is 5.89. The van der Waals surface area contributed by atoms with Gasteiger partial charge in [0.1, 0.15) is 17.6 Å². The summed E-state index contributed by atoms with van der Waals surface area (Å²) in [5.41, 5.74) is 6.21. The molecule has 0 aromatic carbocycles. The summed E-state index contributed by atoms with van der Waals surface area (Å²) in [6.45, 7) is 4.92. The second-order valence-corrected chi connectivity index (χ2v) is 5.89. The number of carbonyl (C=O) groups excluding carboxylic acids is 1. The quantitative estimate of drug-likeness (QED) is 0.910. The van der Waals surface area contributed by atoms with Crippen molar-refractivity contribution in [2.45, 2.75) is 51.1 Å². The highest BCUT2D eigenvalue weighted by atomic mass is 16.3. The van der Waals surface area contributed by atoms with Crippen LogP contribution in [0.1, 0.15) is 56.6 Å². The van der Waals surface area contributed by atoms with Gasteiger partial charge in [0.05, 0.1) is 0 Å². The van der Waals surface area contributed by atoms with E-state index in [2.05, 4.69) is 13.0 Å². The van der Waals surface area contributed by atoms with Crippen molar-refractivity contribution in [1.82, 2.24) is 4.90 Å². The van der Waals surface area contributed by atoms with Crippen LogP contribution in [0.5, 0.6) is 0 Å². The van der Waals surface area contributed by atoms with E-state index in [0.717, 1.165) is 23.9 Å². The van der Waals surface area contributed by atoms with Gasteiger partial charge in [-0.1, -0.05) is 6.92 Å². The number of likely N-dealkylation sites (tertiary alicyclic amines) is 1. The van der Waals surface area contributed by atoms with E-state index >= 15 is 0 Å². The number of likely N-dealkylation sites (N-methyl/N-ethyl adjacent to an activating group) is 1. The van der Waals surface area contributed by atoms with Gasteiger partial charge in [-0.2, -0.15) is 0 Å². The molecule has 1 saturated heterocycles. The lowest BCUT2D eigenvalue weighted by Crippen LogP contribution is -2.48. The Hall–Kier alpha value is -1.29. The van der Waals surface area contributed by atoms with Gasteiger partial charge in [0.15, 0.2) is 0 Å². The van der Waals surface area contributed by atoms with Crippen molar-refractivity contribution in [3.63, 3.8) is 0 Å². The molecule has 3 rings (SSSR count). The molecule has 4 heteroatoms. The molecule has 19 heavy (non-hydrogen) atoms. The summed E-state index contributed by atoms with van der Waals surface area (Å²) in [7, 11) is 0. The zero-order valence-electron chi connectivity index (χ0n) is 11.6. The summed E-state index contributed by atoms with van der Waals surface area (Å²) < 4.78 is 5.99. The molecule has 1 aliphatic carbocycles. The fraction of sp³-hybridized carbons (Fsp3) is 0.667. The molecule has 4 unspecified atom stereocenters. The first-order valence-corrected chi connectivity index (χ1v) is 7.26. The Bertz CT molecular complexity index is 482. The van der Waals surface area contributed by atoms with Crippen molar-refractivity contribution in [3.05, 3.63) is 23.7 Å². The Morgan fingerprint density at radius 2 is 2.11 bits per heavy atom. The molecule has 0 bridgehead atoms. The third-order valence-corrected chi connectivity index (χ3v) is 4.51. The van der Waals surface area contributed by atoms with Crippen LogP contribution in [0.2, 0.25) is 0 Å². The van der Waals surface area contributed by atoms with Crippen LogP contribution in [0.25, 0.3) is 0 Å². The highest BCUT2D eigenvalue weighted by Crippen LogP contribution is 2.48. The third kappa shape index (κ3) is 2.18. The van der Waals surface area contributed by atoms with E-state index in [9.17, 15) is 4.79 Å². The lowest BCUT2D eigenvalue weighted by Gasteiger charge is -2.37. The predicted molar refractivity (Wildman–Crippen MR) is 72.6 cm³/mol. The first-order valence-electron chi connectivity index (χ1n) is 7.26. The highest BCUT2D eigenvalue weighted by Gasteiger charge is 2.39. The molecule has 1 aliphatic heterocycles. The molecule has 1 saturated carbocycles. The van der Waals surface area contributed by atoms with Crippen LogP contribution in [0.4, 0.5) is 0 Å². The standard InChI is InChI=1S/C15H22N2O2/c1-3-17-14(18)7-4-11(16)15(17)13-6-5-12(19-13)10-8-9(10)2/h5-6,9-11,15H,3-4,7-8,16H2,1-2H3. The average molecular weight is 262 g/mol. The van der Waals surface area contributed by atoms with Gasteiger partial charge in [-0.05, 0) is 37.8 Å². The van der Waals surface area contributed by atoms with Crippen molar-refractivity contribution < 1.29 is 9.21 Å². The predicted octanol–water partition coefficient (Wildman–Crippen LogP) is 2.41. The summed E-state index contributed by atoms with van der Waals surface area (Å²) in [5, 5.41) is 0. The van der Waals surface area contributed by atoms with Crippen molar-refractivity contribution in [1.29, 1.82) is 0 Å². The molecule has 0 radical (unpaired) electrons. The van der Waals surface area contributed by atoms with Crippen LogP contribution < -0.4 is 5.73 Å². The van der Waals surface area contributed by atoms with Crippen molar-refractivity contribution >= 4 is 5.91 Å². The van der Waals surface area contributed by atoms with E-state index in [0.29, 0.717) is 18.9 Å². The molecule has 2 N–H and O–H groups in total. The summed E-state index contributed by atoms with van der Waals surface area (Å²) in [6.07, 6.45) is 2.51. The van der Waals surface area contributed by atoms with Gasteiger partial charge in [-0.3, -0.25) is 4.79 Å². The van der Waals surface area contributed by atoms with E-state index in [-0.39, 0.29) is 18.0 Å². The van der Waals surface area contributed by atoms with Crippen LogP contribution in [-0.2, 0) is 4.79 Å². The highest BCUT2D eigenvalue weighted by molar-refractivity contribution is 5.77. The zero-order chi connectivity index (χ0) is 13.6. The molecular weight excluding hydrogens is 240 g/mol. The largest absolute Gasteiger partial charge is 0.464 e. The number of nitrogens with two attached hydrogens (primary N) is 1. The van der Waals surface area contributed by atoms with Gasteiger partial charge in [0, 0.05) is 24.9 Å². The van der Waals surface area contributed by atoms with Gasteiger partial charge in [0.2, 0.25) is 5.91 Å². The first-order chi connectivity index (χ1) is 9.11. The van der Waals surface area contributed by atoms with Crippen LogP contribution >= 0.6 is 0 Å². The number of carbonyl (C=O) groups is 1. The van der Waals surface area contributed by atoms with Gasteiger partial charge in [-0.25, -0.2) is 0 Å². The van der Waals surface area contributed by atoms with Crippen molar-refractivity contribution in [2.75, 3.05) is 6.54 Å². The van der Waals surface area contributed by atoms with E-state index in [1.54, 1.807) is 0 Å². The minimum absolute atomic E-state index is 0.0201. The Morgan fingerprint density at radius 3 is 2.74 bits per heavy atom. The number of hydrogen-bond acceptors (Lipinski definition) is 3. The van der Waals surface area contributed by atoms with Crippen LogP contribution in [0.3, 0.4) is 0 Å². The lowest BCUT2D eigenvalue weighted by molar-refractivity contribution is -0.137. The van der Waals surface area contributed by atoms with Gasteiger partial charge in [0.25, 0.3) is 0 Å². The van der Waals surface area contributed by atoms with E-state index in [1.807, 2.05) is 17.9 Å². The average Bonchev–Trinajstić information content (AvgIpc) is 2.93. The lowest BCUT2D eigenvalue weighted by atomic mass is 9.94. The maximum atomic E-state index is 12.0. The summed E-state index contributed by atoms with van der Waals surface area (Å²) in [5.74, 6) is 3.40. The normalized spacial score (nSPS) is 34.7. The maximum absolute atomic E-state index is 12.0. The molecule has 4 atom stereocenters. The number of nitrogens with zero attached hydrogens (tertiary/aromatic N) is 1. The number of hydrogen-bond donors (Lipinski definition) is 1. The number of rotatable bonds is 3. The Kier molecular flexibility index (Phi) is 3.13. The summed E-state index contributed by atoms with van der Waals surface area (Å²) in [4.78, 5) is 13.8. The first kappa shape index (κ1) is 12.7. The molecule has 2 heterocycles. The van der Waals surface area contributed by atoms with Gasteiger partial charge in [-0.15, -0.1) is 0 Å². The van der Waals surface area contributed by atoms with Crippen LogP contribution in [0, 0.1) is 5.92 Å². The van der Waals surface area contributed by atoms with Crippen molar-refractivity contribution in [2.24, 2.45) is 11.7 Å². The molecule has 2 fully saturated rings. The number of piperidine rings is 1. The Morgan fingerprint density at radius 1 is 1.42 bits per heavy atom. The summed E-state index contributed by atoms with van der Waals surface area (Å²) >= 11 is 0. The molecule has 1 aromatic heterocycles. The fourth-order valence-electron chi connectivity index (χ4n) is 3.16. The molecule has 1 aromatic rings. The van der Waals surface area contributed by atoms with Gasteiger partial charge >= 0.3 is 0 Å². The SMILES string of the molecule is CCN1C(=O)CCC(N)C1c1ccc(C2CC2C)o1. The smallest absolute Gasteiger partial charge is 0.223 e.